The van der Waals surface area contributed by atoms with Gasteiger partial charge in [0.15, 0.2) is 5.88 Å². The summed E-state index contributed by atoms with van der Waals surface area (Å²) in [6.07, 6.45) is 2.85. The van der Waals surface area contributed by atoms with Gasteiger partial charge in [0, 0.05) is 5.70 Å². The van der Waals surface area contributed by atoms with Crippen LogP contribution in [-0.4, -0.2) is 5.11 Å². The Morgan fingerprint density at radius 2 is 1.88 bits per heavy atom. The van der Waals surface area contributed by atoms with E-state index in [1.54, 1.807) is 6.92 Å². The highest BCUT2D eigenvalue weighted by Crippen LogP contribution is 1.82. The molecule has 0 heterocycles. The average Bonchev–Trinajstić information content (AvgIpc) is 1.61. The van der Waals surface area contributed by atoms with Crippen LogP contribution in [0.25, 0.3) is 0 Å². The van der Waals surface area contributed by atoms with Gasteiger partial charge in [0.1, 0.15) is 0 Å². The van der Waals surface area contributed by atoms with Crippen LogP contribution in [0.4, 0.5) is 0 Å². The van der Waals surface area contributed by atoms with Gasteiger partial charge in [0.2, 0.25) is 0 Å². The van der Waals surface area contributed by atoms with Gasteiger partial charge in [-0.2, -0.15) is 0 Å². The number of hydrogen-bond acceptors (Lipinski definition) is 3. The van der Waals surface area contributed by atoms with E-state index >= 15 is 0 Å². The van der Waals surface area contributed by atoms with E-state index in [0.717, 1.165) is 0 Å². The molecule has 0 radical (unpaired) electrons. The Morgan fingerprint density at radius 3 is 2.00 bits per heavy atom. The zero-order chi connectivity index (χ0) is 6.57. The molecule has 3 nitrogen and oxygen atoms in total. The second kappa shape index (κ2) is 2.96. The van der Waals surface area contributed by atoms with E-state index in [-0.39, 0.29) is 5.88 Å². The number of nitrogens with two attached hydrogens (primary N) is 2. The van der Waals surface area contributed by atoms with Crippen LogP contribution in [0.2, 0.25) is 0 Å². The summed E-state index contributed by atoms with van der Waals surface area (Å²) in [5.41, 5.74) is 10.7. The number of aliphatic hydroxyl groups is 1. The molecule has 0 rings (SSSR count). The molecule has 0 saturated carbocycles. The number of allylic oxidation sites excluding steroid dienone is 3. The molecule has 0 amide bonds. The van der Waals surface area contributed by atoms with Crippen LogP contribution in [0.1, 0.15) is 6.92 Å². The summed E-state index contributed by atoms with van der Waals surface area (Å²) in [5.74, 6) is -0.227. The molecule has 0 unspecified atom stereocenters. The van der Waals surface area contributed by atoms with Gasteiger partial charge in [-0.15, -0.1) is 0 Å². The summed E-state index contributed by atoms with van der Waals surface area (Å²) in [4.78, 5) is 0. The lowest BCUT2D eigenvalue weighted by Crippen LogP contribution is -1.94. The number of aliphatic hydroxyl groups excluding tert-OH is 1. The molecular weight excluding hydrogens is 104 g/mol. The van der Waals surface area contributed by atoms with Crippen molar-refractivity contribution in [2.24, 2.45) is 11.5 Å². The van der Waals surface area contributed by atoms with Crippen LogP contribution in [0.5, 0.6) is 0 Å². The van der Waals surface area contributed by atoms with Crippen molar-refractivity contribution in [1.29, 1.82) is 0 Å². The molecule has 3 heteroatoms. The average molecular weight is 114 g/mol. The third-order valence-electron chi connectivity index (χ3n) is 0.517. The van der Waals surface area contributed by atoms with Gasteiger partial charge >= 0.3 is 0 Å². The minimum absolute atomic E-state index is 0.227. The van der Waals surface area contributed by atoms with E-state index in [1.807, 2.05) is 0 Å². The lowest BCUT2D eigenvalue weighted by Gasteiger charge is -1.84. The lowest BCUT2D eigenvalue weighted by molar-refractivity contribution is 0.406. The third-order valence-corrected chi connectivity index (χ3v) is 0.517. The first kappa shape index (κ1) is 6.88. The van der Waals surface area contributed by atoms with E-state index in [9.17, 15) is 0 Å². The van der Waals surface area contributed by atoms with Crippen molar-refractivity contribution >= 4 is 0 Å². The standard InChI is InChI=1S/C5H10N2O/c1-4(6)2-3-5(7)8/h2-3,8H,6-7H2,1H3/b4-2-,5-3+. The van der Waals surface area contributed by atoms with Gasteiger partial charge in [0.25, 0.3) is 0 Å². The Hall–Kier alpha value is -1.12. The summed E-state index contributed by atoms with van der Waals surface area (Å²) in [5, 5.41) is 8.34. The van der Waals surface area contributed by atoms with Crippen molar-refractivity contribution in [1.82, 2.24) is 0 Å². The Balaban J connectivity index is 3.76. The van der Waals surface area contributed by atoms with E-state index in [2.05, 4.69) is 0 Å². The minimum atomic E-state index is -0.227. The third kappa shape index (κ3) is 4.88. The van der Waals surface area contributed by atoms with Crippen LogP contribution < -0.4 is 11.5 Å². The predicted octanol–water partition coefficient (Wildman–Crippen LogP) is 0.207. The van der Waals surface area contributed by atoms with Gasteiger partial charge in [-0.25, -0.2) is 0 Å². The Bertz CT molecular complexity index is 102. The topological polar surface area (TPSA) is 72.3 Å². The first-order chi connectivity index (χ1) is 3.63. The van der Waals surface area contributed by atoms with Gasteiger partial charge in [-0.3, -0.25) is 0 Å². The van der Waals surface area contributed by atoms with Crippen molar-refractivity contribution in [2.75, 3.05) is 0 Å². The monoisotopic (exact) mass is 114 g/mol. The lowest BCUT2D eigenvalue weighted by atomic mass is 10.4. The molecule has 0 aliphatic carbocycles. The summed E-state index contributed by atoms with van der Waals surface area (Å²) < 4.78 is 0. The molecular formula is C5H10N2O. The molecule has 0 aliphatic heterocycles. The normalized spacial score (nSPS) is 14.1. The molecule has 0 aliphatic rings. The van der Waals surface area contributed by atoms with Crippen LogP contribution in [0, 0.1) is 0 Å². The zero-order valence-corrected chi connectivity index (χ0v) is 4.76. The molecule has 8 heavy (non-hydrogen) atoms. The van der Waals surface area contributed by atoms with Crippen molar-refractivity contribution < 1.29 is 5.11 Å². The fourth-order valence-corrected chi connectivity index (χ4v) is 0.217. The van der Waals surface area contributed by atoms with Gasteiger partial charge < -0.3 is 16.6 Å². The van der Waals surface area contributed by atoms with E-state index in [0.29, 0.717) is 5.70 Å². The molecule has 0 saturated heterocycles. The SMILES string of the molecule is C/C(N)=C/C=C(\N)O. The van der Waals surface area contributed by atoms with Crippen molar-refractivity contribution in [3.63, 3.8) is 0 Å². The summed E-state index contributed by atoms with van der Waals surface area (Å²) in [6.45, 7) is 1.71. The largest absolute Gasteiger partial charge is 0.495 e. The minimum Gasteiger partial charge on any atom is -0.495 e. The van der Waals surface area contributed by atoms with Gasteiger partial charge in [0.05, 0.1) is 0 Å². The first-order valence-electron chi connectivity index (χ1n) is 2.21. The maximum absolute atomic E-state index is 8.34. The highest BCUT2D eigenvalue weighted by Gasteiger charge is 1.74. The predicted molar refractivity (Wildman–Crippen MR) is 32.8 cm³/mol. The molecule has 0 spiro atoms. The second-order valence-corrected chi connectivity index (χ2v) is 1.50. The van der Waals surface area contributed by atoms with E-state index in [1.165, 1.54) is 12.2 Å². The number of hydrogen-bond donors (Lipinski definition) is 3. The highest BCUT2D eigenvalue weighted by atomic mass is 16.3. The molecule has 0 bridgehead atoms. The van der Waals surface area contributed by atoms with Crippen LogP contribution in [-0.2, 0) is 0 Å². The Morgan fingerprint density at radius 1 is 1.38 bits per heavy atom. The quantitative estimate of drug-likeness (QED) is 0.337. The molecule has 0 atom stereocenters. The fraction of sp³-hybridized carbons (Fsp3) is 0.200. The second-order valence-electron chi connectivity index (χ2n) is 1.50. The van der Waals surface area contributed by atoms with Crippen LogP contribution in [0.15, 0.2) is 23.7 Å². The fourth-order valence-electron chi connectivity index (χ4n) is 0.217. The molecule has 0 fully saturated rings. The smallest absolute Gasteiger partial charge is 0.181 e. The maximum atomic E-state index is 8.34. The maximum Gasteiger partial charge on any atom is 0.181 e. The summed E-state index contributed by atoms with van der Waals surface area (Å²) >= 11 is 0. The Labute approximate surface area is 48.3 Å². The van der Waals surface area contributed by atoms with Gasteiger partial charge in [-0.05, 0) is 19.1 Å². The van der Waals surface area contributed by atoms with E-state index < -0.39 is 0 Å². The number of rotatable bonds is 1. The molecule has 46 valence electrons. The molecule has 0 aromatic carbocycles. The van der Waals surface area contributed by atoms with E-state index in [4.69, 9.17) is 16.6 Å². The van der Waals surface area contributed by atoms with Crippen molar-refractivity contribution in [3.8, 4) is 0 Å². The van der Waals surface area contributed by atoms with Crippen LogP contribution >= 0.6 is 0 Å². The van der Waals surface area contributed by atoms with Gasteiger partial charge in [-0.1, -0.05) is 0 Å². The molecule has 0 aromatic rings. The summed E-state index contributed by atoms with van der Waals surface area (Å²) in [6, 6.07) is 0. The summed E-state index contributed by atoms with van der Waals surface area (Å²) in [7, 11) is 0. The highest BCUT2D eigenvalue weighted by molar-refractivity contribution is 5.08. The Kier molecular flexibility index (Phi) is 2.54. The zero-order valence-electron chi connectivity index (χ0n) is 4.76. The van der Waals surface area contributed by atoms with Crippen LogP contribution in [0.3, 0.4) is 0 Å². The molecule has 0 aromatic heterocycles. The van der Waals surface area contributed by atoms with Crippen molar-refractivity contribution in [2.45, 2.75) is 6.92 Å². The molecule has 5 N–H and O–H groups in total. The van der Waals surface area contributed by atoms with Crippen molar-refractivity contribution in [3.05, 3.63) is 23.7 Å². The first-order valence-corrected chi connectivity index (χ1v) is 2.21.